The number of hydrogen-bond donors (Lipinski definition) is 1. The normalized spacial score (nSPS) is 14.5. The van der Waals surface area contributed by atoms with Crippen molar-refractivity contribution in [2.45, 2.75) is 0 Å². The van der Waals surface area contributed by atoms with E-state index in [4.69, 9.17) is 0 Å². The summed E-state index contributed by atoms with van der Waals surface area (Å²) in [7, 11) is 0. The minimum absolute atomic E-state index is 0.0311. The van der Waals surface area contributed by atoms with Crippen molar-refractivity contribution >= 4 is 23.6 Å². The van der Waals surface area contributed by atoms with E-state index in [1.165, 1.54) is 11.8 Å². The Hall–Kier alpha value is -3.08. The van der Waals surface area contributed by atoms with Crippen molar-refractivity contribution in [2.24, 2.45) is 0 Å². The van der Waals surface area contributed by atoms with Gasteiger partial charge in [0.25, 0.3) is 0 Å². The van der Waals surface area contributed by atoms with Crippen LogP contribution in [-0.2, 0) is 9.59 Å². The van der Waals surface area contributed by atoms with E-state index in [0.29, 0.717) is 13.1 Å². The number of amides is 2. The van der Waals surface area contributed by atoms with Crippen molar-refractivity contribution in [3.05, 3.63) is 72.3 Å². The van der Waals surface area contributed by atoms with Crippen LogP contribution in [0.4, 0.5) is 5.69 Å². The van der Waals surface area contributed by atoms with E-state index < -0.39 is 0 Å². The smallest absolute Gasteiger partial charge is 0.244 e. The molecule has 5 nitrogen and oxygen atoms in total. The van der Waals surface area contributed by atoms with Crippen LogP contribution in [0.2, 0.25) is 0 Å². The number of piperazine rings is 1. The van der Waals surface area contributed by atoms with Crippen molar-refractivity contribution in [1.29, 1.82) is 0 Å². The minimum Gasteiger partial charge on any atom is -0.368 e. The Morgan fingerprint density at radius 3 is 2.15 bits per heavy atom. The number of para-hydroxylation sites is 1. The summed E-state index contributed by atoms with van der Waals surface area (Å²) in [5, 5.41) is 2.66. The summed E-state index contributed by atoms with van der Waals surface area (Å²) in [6, 6.07) is 19.8. The van der Waals surface area contributed by atoms with Crippen LogP contribution >= 0.6 is 0 Å². The van der Waals surface area contributed by atoms with Crippen LogP contribution in [0.25, 0.3) is 6.08 Å². The van der Waals surface area contributed by atoms with Crippen LogP contribution < -0.4 is 10.2 Å². The maximum absolute atomic E-state index is 12.3. The molecule has 1 fully saturated rings. The first kappa shape index (κ1) is 17.7. The topological polar surface area (TPSA) is 52.7 Å². The molecular weight excluding hydrogens is 326 g/mol. The fourth-order valence-corrected chi connectivity index (χ4v) is 2.92. The molecule has 1 N–H and O–H groups in total. The predicted octanol–water partition coefficient (Wildman–Crippen LogP) is 2.16. The van der Waals surface area contributed by atoms with Gasteiger partial charge in [0.05, 0.1) is 6.54 Å². The summed E-state index contributed by atoms with van der Waals surface area (Å²) in [4.78, 5) is 28.2. The van der Waals surface area contributed by atoms with Crippen molar-refractivity contribution in [1.82, 2.24) is 10.2 Å². The Labute approximate surface area is 153 Å². The largest absolute Gasteiger partial charge is 0.368 e. The molecule has 3 rings (SSSR count). The average molecular weight is 349 g/mol. The van der Waals surface area contributed by atoms with Gasteiger partial charge in [-0.2, -0.15) is 0 Å². The van der Waals surface area contributed by atoms with Crippen LogP contribution in [0, 0.1) is 0 Å². The molecule has 0 spiro atoms. The van der Waals surface area contributed by atoms with Gasteiger partial charge in [0, 0.05) is 37.9 Å². The molecule has 0 atom stereocenters. The van der Waals surface area contributed by atoms with Gasteiger partial charge in [0.1, 0.15) is 0 Å². The lowest BCUT2D eigenvalue weighted by atomic mass is 10.2. The van der Waals surface area contributed by atoms with Gasteiger partial charge >= 0.3 is 0 Å². The lowest BCUT2D eigenvalue weighted by molar-refractivity contribution is -0.132. The molecule has 5 heteroatoms. The van der Waals surface area contributed by atoms with Gasteiger partial charge in [-0.1, -0.05) is 48.5 Å². The Bertz CT molecular complexity index is 751. The lowest BCUT2D eigenvalue weighted by Gasteiger charge is -2.36. The molecule has 26 heavy (non-hydrogen) atoms. The average Bonchev–Trinajstić information content (AvgIpc) is 2.72. The molecule has 0 aliphatic carbocycles. The number of carbonyl (C=O) groups excluding carboxylic acids is 2. The fraction of sp³-hybridized carbons (Fsp3) is 0.238. The Morgan fingerprint density at radius 1 is 0.885 bits per heavy atom. The fourth-order valence-electron chi connectivity index (χ4n) is 2.92. The highest BCUT2D eigenvalue weighted by Gasteiger charge is 2.21. The highest BCUT2D eigenvalue weighted by atomic mass is 16.2. The highest BCUT2D eigenvalue weighted by Crippen LogP contribution is 2.15. The number of carbonyl (C=O) groups is 2. The third kappa shape index (κ3) is 4.96. The van der Waals surface area contributed by atoms with Crippen LogP contribution in [0.5, 0.6) is 0 Å². The zero-order valence-corrected chi connectivity index (χ0v) is 14.7. The van der Waals surface area contributed by atoms with E-state index in [-0.39, 0.29) is 18.4 Å². The Kier molecular flexibility index (Phi) is 6.04. The van der Waals surface area contributed by atoms with Crippen LogP contribution in [0.15, 0.2) is 66.7 Å². The van der Waals surface area contributed by atoms with Gasteiger partial charge in [0.15, 0.2) is 0 Å². The molecule has 1 saturated heterocycles. The molecule has 2 amide bonds. The lowest BCUT2D eigenvalue weighted by Crippen LogP contribution is -2.51. The van der Waals surface area contributed by atoms with Gasteiger partial charge < -0.3 is 15.1 Å². The molecule has 1 heterocycles. The van der Waals surface area contributed by atoms with Crippen molar-refractivity contribution < 1.29 is 9.59 Å². The van der Waals surface area contributed by atoms with Crippen molar-refractivity contribution in [2.75, 3.05) is 37.6 Å². The molecule has 2 aromatic rings. The van der Waals surface area contributed by atoms with E-state index in [1.54, 1.807) is 11.0 Å². The number of nitrogens with one attached hydrogen (secondary N) is 1. The zero-order valence-electron chi connectivity index (χ0n) is 14.7. The monoisotopic (exact) mass is 349 g/mol. The molecule has 2 aromatic carbocycles. The summed E-state index contributed by atoms with van der Waals surface area (Å²) >= 11 is 0. The number of nitrogens with zero attached hydrogens (tertiary/aromatic N) is 2. The zero-order chi connectivity index (χ0) is 18.2. The molecule has 0 bridgehead atoms. The van der Waals surface area contributed by atoms with Crippen molar-refractivity contribution in [3.63, 3.8) is 0 Å². The molecule has 0 unspecified atom stereocenters. The maximum Gasteiger partial charge on any atom is 0.244 e. The number of hydrogen-bond acceptors (Lipinski definition) is 3. The summed E-state index contributed by atoms with van der Waals surface area (Å²) < 4.78 is 0. The Morgan fingerprint density at radius 2 is 1.50 bits per heavy atom. The number of benzene rings is 2. The SMILES string of the molecule is O=C(C=Cc1ccccc1)NCC(=O)N1CCN(c2ccccc2)CC1. The van der Waals surface area contributed by atoms with E-state index in [9.17, 15) is 9.59 Å². The molecular formula is C21H23N3O2. The first-order valence-corrected chi connectivity index (χ1v) is 8.81. The third-order valence-electron chi connectivity index (χ3n) is 4.39. The number of anilines is 1. The van der Waals surface area contributed by atoms with Crippen LogP contribution in [0.1, 0.15) is 5.56 Å². The van der Waals surface area contributed by atoms with Crippen molar-refractivity contribution in [3.8, 4) is 0 Å². The Balaban J connectivity index is 1.42. The number of rotatable bonds is 5. The van der Waals surface area contributed by atoms with E-state index in [2.05, 4.69) is 22.3 Å². The van der Waals surface area contributed by atoms with Crippen LogP contribution in [-0.4, -0.2) is 49.4 Å². The first-order chi connectivity index (χ1) is 12.7. The van der Waals surface area contributed by atoms with E-state index >= 15 is 0 Å². The summed E-state index contributed by atoms with van der Waals surface area (Å²) in [6.45, 7) is 2.98. The van der Waals surface area contributed by atoms with Gasteiger partial charge in [-0.25, -0.2) is 0 Å². The molecule has 0 aromatic heterocycles. The molecule has 1 aliphatic heterocycles. The van der Waals surface area contributed by atoms with Gasteiger partial charge in [0.2, 0.25) is 11.8 Å². The highest BCUT2D eigenvalue weighted by molar-refractivity contribution is 5.94. The van der Waals surface area contributed by atoms with Gasteiger partial charge in [-0.3, -0.25) is 9.59 Å². The second kappa shape index (κ2) is 8.85. The van der Waals surface area contributed by atoms with Gasteiger partial charge in [-0.05, 0) is 23.8 Å². The second-order valence-corrected chi connectivity index (χ2v) is 6.17. The molecule has 134 valence electrons. The molecule has 1 aliphatic rings. The second-order valence-electron chi connectivity index (χ2n) is 6.17. The standard InChI is InChI=1S/C21H23N3O2/c25-20(12-11-18-7-3-1-4-8-18)22-17-21(26)24-15-13-23(14-16-24)19-9-5-2-6-10-19/h1-12H,13-17H2,(H,22,25). The molecule has 0 saturated carbocycles. The summed E-state index contributed by atoms with van der Waals surface area (Å²) in [6.07, 6.45) is 3.19. The van der Waals surface area contributed by atoms with E-state index in [1.807, 2.05) is 48.5 Å². The third-order valence-corrected chi connectivity index (χ3v) is 4.39. The summed E-state index contributed by atoms with van der Waals surface area (Å²) in [5.74, 6) is -0.302. The quantitative estimate of drug-likeness (QED) is 0.842. The van der Waals surface area contributed by atoms with E-state index in [0.717, 1.165) is 18.7 Å². The van der Waals surface area contributed by atoms with Crippen LogP contribution in [0.3, 0.4) is 0 Å². The predicted molar refractivity (Wildman–Crippen MR) is 104 cm³/mol. The first-order valence-electron chi connectivity index (χ1n) is 8.81. The molecule has 0 radical (unpaired) electrons. The maximum atomic E-state index is 12.3. The minimum atomic E-state index is -0.259. The van der Waals surface area contributed by atoms with Gasteiger partial charge in [-0.15, -0.1) is 0 Å². The summed E-state index contributed by atoms with van der Waals surface area (Å²) in [5.41, 5.74) is 2.13.